The number of carbonyl (C=O) groups excluding carboxylic acids is 1. The maximum Gasteiger partial charge on any atom is 0.245 e. The average molecular weight is 352 g/mol. The Bertz CT molecular complexity index is 730. The summed E-state index contributed by atoms with van der Waals surface area (Å²) in [6, 6.07) is 4.75. The summed E-state index contributed by atoms with van der Waals surface area (Å²) in [7, 11) is 3.19. The molecule has 0 bridgehead atoms. The van der Waals surface area contributed by atoms with E-state index < -0.39 is 6.04 Å². The molecule has 6 nitrogen and oxygen atoms in total. The standard InChI is InChI=1S/C17H22ClN3O3/c1-10(14-8-13(23-4)6-7-16(14)24-5)20-17(22)12(3)21-11(2)15(18)9-19-21/h6-10,12H,1-5H3,(H,20,22). The smallest absolute Gasteiger partial charge is 0.245 e. The number of ether oxygens (including phenoxy) is 2. The van der Waals surface area contributed by atoms with Crippen LogP contribution in [0.1, 0.15) is 37.2 Å². The number of hydrogen-bond donors (Lipinski definition) is 1. The molecular weight excluding hydrogens is 330 g/mol. The third-order valence-electron chi connectivity index (χ3n) is 3.99. The summed E-state index contributed by atoms with van der Waals surface area (Å²) in [6.07, 6.45) is 1.54. The van der Waals surface area contributed by atoms with Crippen LogP contribution in [0.5, 0.6) is 11.5 Å². The number of carbonyl (C=O) groups is 1. The molecule has 0 spiro atoms. The maximum absolute atomic E-state index is 12.6. The van der Waals surface area contributed by atoms with Gasteiger partial charge in [0, 0.05) is 5.56 Å². The molecule has 1 heterocycles. The summed E-state index contributed by atoms with van der Waals surface area (Å²) in [5, 5.41) is 7.67. The predicted molar refractivity (Wildman–Crippen MR) is 92.8 cm³/mol. The Morgan fingerprint density at radius 2 is 2.00 bits per heavy atom. The second-order valence-corrected chi connectivity index (χ2v) is 5.94. The van der Waals surface area contributed by atoms with Gasteiger partial charge in [-0.05, 0) is 39.0 Å². The number of hydrogen-bond acceptors (Lipinski definition) is 4. The van der Waals surface area contributed by atoms with Crippen molar-refractivity contribution in [1.29, 1.82) is 0 Å². The second kappa shape index (κ2) is 7.57. The van der Waals surface area contributed by atoms with Crippen molar-refractivity contribution in [1.82, 2.24) is 15.1 Å². The van der Waals surface area contributed by atoms with Crippen LogP contribution in [0.15, 0.2) is 24.4 Å². The highest BCUT2D eigenvalue weighted by Gasteiger charge is 2.22. The number of aromatic nitrogens is 2. The number of amides is 1. The number of nitrogens with zero attached hydrogens (tertiary/aromatic N) is 2. The lowest BCUT2D eigenvalue weighted by molar-refractivity contribution is -0.124. The van der Waals surface area contributed by atoms with E-state index in [1.807, 2.05) is 32.0 Å². The van der Waals surface area contributed by atoms with Crippen molar-refractivity contribution in [2.24, 2.45) is 0 Å². The lowest BCUT2D eigenvalue weighted by atomic mass is 10.1. The first-order valence-corrected chi connectivity index (χ1v) is 7.98. The SMILES string of the molecule is COc1ccc(OC)c(C(C)NC(=O)C(C)n2ncc(Cl)c2C)c1. The van der Waals surface area contributed by atoms with Crippen LogP contribution >= 0.6 is 11.6 Å². The quantitative estimate of drug-likeness (QED) is 0.867. The maximum atomic E-state index is 12.6. The third kappa shape index (κ3) is 3.64. The molecule has 24 heavy (non-hydrogen) atoms. The Morgan fingerprint density at radius 3 is 2.54 bits per heavy atom. The fourth-order valence-corrected chi connectivity index (χ4v) is 2.62. The van der Waals surface area contributed by atoms with Gasteiger partial charge in [0.05, 0.1) is 37.2 Å². The molecule has 1 amide bonds. The molecule has 0 aliphatic heterocycles. The molecule has 130 valence electrons. The highest BCUT2D eigenvalue weighted by molar-refractivity contribution is 6.31. The van der Waals surface area contributed by atoms with E-state index in [1.165, 1.54) is 6.20 Å². The highest BCUT2D eigenvalue weighted by Crippen LogP contribution is 2.29. The molecule has 0 aliphatic rings. The van der Waals surface area contributed by atoms with E-state index in [0.717, 1.165) is 11.3 Å². The first-order valence-electron chi connectivity index (χ1n) is 7.61. The van der Waals surface area contributed by atoms with E-state index in [-0.39, 0.29) is 11.9 Å². The minimum absolute atomic E-state index is 0.157. The average Bonchev–Trinajstić information content (AvgIpc) is 2.92. The molecule has 0 saturated carbocycles. The minimum Gasteiger partial charge on any atom is -0.497 e. The van der Waals surface area contributed by atoms with Crippen molar-refractivity contribution < 1.29 is 14.3 Å². The van der Waals surface area contributed by atoms with E-state index in [2.05, 4.69) is 10.4 Å². The number of benzene rings is 1. The molecule has 2 unspecified atom stereocenters. The zero-order valence-electron chi connectivity index (χ0n) is 14.5. The van der Waals surface area contributed by atoms with Gasteiger partial charge in [0.1, 0.15) is 17.5 Å². The van der Waals surface area contributed by atoms with Crippen LogP contribution in [0, 0.1) is 6.92 Å². The van der Waals surface area contributed by atoms with E-state index >= 15 is 0 Å². The zero-order chi connectivity index (χ0) is 17.9. The lowest BCUT2D eigenvalue weighted by Gasteiger charge is -2.21. The molecule has 0 fully saturated rings. The van der Waals surface area contributed by atoms with Crippen molar-refractivity contribution >= 4 is 17.5 Å². The van der Waals surface area contributed by atoms with Gasteiger partial charge in [-0.15, -0.1) is 0 Å². The first kappa shape index (κ1) is 18.1. The topological polar surface area (TPSA) is 65.4 Å². The molecule has 7 heteroatoms. The Morgan fingerprint density at radius 1 is 1.29 bits per heavy atom. The van der Waals surface area contributed by atoms with Gasteiger partial charge in [-0.1, -0.05) is 11.6 Å². The van der Waals surface area contributed by atoms with Crippen LogP contribution in [-0.2, 0) is 4.79 Å². The summed E-state index contributed by atoms with van der Waals surface area (Å²) < 4.78 is 12.2. The van der Waals surface area contributed by atoms with E-state index in [9.17, 15) is 4.79 Å². The normalized spacial score (nSPS) is 13.2. The Kier molecular flexibility index (Phi) is 5.72. The van der Waals surface area contributed by atoms with Crippen molar-refractivity contribution in [3.05, 3.63) is 40.7 Å². The van der Waals surface area contributed by atoms with Crippen molar-refractivity contribution in [3.8, 4) is 11.5 Å². The van der Waals surface area contributed by atoms with Crippen molar-refractivity contribution in [3.63, 3.8) is 0 Å². The predicted octanol–water partition coefficient (Wildman–Crippen LogP) is 3.30. The molecule has 1 N–H and O–H groups in total. The molecule has 1 aromatic heterocycles. The zero-order valence-corrected chi connectivity index (χ0v) is 15.2. The van der Waals surface area contributed by atoms with Crippen molar-refractivity contribution in [2.75, 3.05) is 14.2 Å². The highest BCUT2D eigenvalue weighted by atomic mass is 35.5. The molecule has 0 aliphatic carbocycles. The number of nitrogens with one attached hydrogen (secondary N) is 1. The van der Waals surface area contributed by atoms with E-state index in [4.69, 9.17) is 21.1 Å². The van der Waals surface area contributed by atoms with Crippen LogP contribution in [0.4, 0.5) is 0 Å². The number of halogens is 1. The molecule has 0 radical (unpaired) electrons. The summed E-state index contributed by atoms with van der Waals surface area (Å²) in [4.78, 5) is 12.6. The number of rotatable bonds is 6. The number of methoxy groups -OCH3 is 2. The third-order valence-corrected chi connectivity index (χ3v) is 4.36. The van der Waals surface area contributed by atoms with Gasteiger partial charge in [-0.25, -0.2) is 0 Å². The lowest BCUT2D eigenvalue weighted by Crippen LogP contribution is -2.34. The van der Waals surface area contributed by atoms with Gasteiger partial charge >= 0.3 is 0 Å². The second-order valence-electron chi connectivity index (χ2n) is 5.54. The van der Waals surface area contributed by atoms with Gasteiger partial charge < -0.3 is 14.8 Å². The van der Waals surface area contributed by atoms with Crippen LogP contribution in [0.25, 0.3) is 0 Å². The van der Waals surface area contributed by atoms with E-state index in [1.54, 1.807) is 25.8 Å². The van der Waals surface area contributed by atoms with Gasteiger partial charge in [0.15, 0.2) is 0 Å². The molecule has 2 aromatic rings. The van der Waals surface area contributed by atoms with Crippen molar-refractivity contribution in [2.45, 2.75) is 32.9 Å². The Hall–Kier alpha value is -2.21. The Balaban J connectivity index is 2.18. The summed E-state index contributed by atoms with van der Waals surface area (Å²) in [6.45, 7) is 5.50. The summed E-state index contributed by atoms with van der Waals surface area (Å²) in [5.74, 6) is 1.24. The van der Waals surface area contributed by atoms with Gasteiger partial charge in [-0.2, -0.15) is 5.10 Å². The van der Waals surface area contributed by atoms with Gasteiger partial charge in [0.25, 0.3) is 0 Å². The first-order chi connectivity index (χ1) is 11.4. The summed E-state index contributed by atoms with van der Waals surface area (Å²) in [5.41, 5.74) is 1.60. The molecule has 2 atom stereocenters. The van der Waals surface area contributed by atoms with Crippen LogP contribution in [0.3, 0.4) is 0 Å². The fourth-order valence-electron chi connectivity index (χ4n) is 2.49. The monoisotopic (exact) mass is 351 g/mol. The van der Waals surface area contributed by atoms with Crippen LogP contribution in [-0.4, -0.2) is 29.9 Å². The molecular formula is C17H22ClN3O3. The Labute approximate surface area is 146 Å². The molecule has 0 saturated heterocycles. The largest absolute Gasteiger partial charge is 0.497 e. The molecule has 1 aromatic carbocycles. The fraction of sp³-hybridized carbons (Fsp3) is 0.412. The minimum atomic E-state index is -0.475. The van der Waals surface area contributed by atoms with Gasteiger partial charge in [0.2, 0.25) is 5.91 Å². The van der Waals surface area contributed by atoms with Gasteiger partial charge in [-0.3, -0.25) is 9.48 Å². The summed E-state index contributed by atoms with van der Waals surface area (Å²) >= 11 is 6.01. The van der Waals surface area contributed by atoms with Crippen LogP contribution in [0.2, 0.25) is 5.02 Å². The molecule has 2 rings (SSSR count). The van der Waals surface area contributed by atoms with Crippen LogP contribution < -0.4 is 14.8 Å². The van der Waals surface area contributed by atoms with E-state index in [0.29, 0.717) is 16.5 Å².